The summed E-state index contributed by atoms with van der Waals surface area (Å²) in [6, 6.07) is 4.81. The molecule has 0 saturated heterocycles. The lowest BCUT2D eigenvalue weighted by Crippen LogP contribution is -2.13. The van der Waals surface area contributed by atoms with Crippen LogP contribution < -0.4 is 5.32 Å². The smallest absolute Gasteiger partial charge is 0.311 e. The highest BCUT2D eigenvalue weighted by Crippen LogP contribution is 2.26. The first kappa shape index (κ1) is 16.7. The summed E-state index contributed by atoms with van der Waals surface area (Å²) < 4.78 is 4.84. The number of thiazole rings is 1. The Morgan fingerprint density at radius 2 is 2.00 bits per heavy atom. The van der Waals surface area contributed by atoms with Crippen molar-refractivity contribution in [2.24, 2.45) is 0 Å². The summed E-state index contributed by atoms with van der Waals surface area (Å²) in [5.74, 6) is -0.813. The molecule has 0 saturated carbocycles. The van der Waals surface area contributed by atoms with Crippen molar-refractivity contribution in [2.75, 3.05) is 11.9 Å². The Labute approximate surface area is 141 Å². The minimum Gasteiger partial charge on any atom is -0.466 e. The van der Waals surface area contributed by atoms with Crippen molar-refractivity contribution >= 4 is 51.5 Å². The zero-order chi connectivity index (χ0) is 16.1. The molecule has 0 aliphatic carbocycles. The number of benzene rings is 1. The monoisotopic (exact) mass is 358 g/mol. The molecule has 0 spiro atoms. The molecular formula is C14H12Cl2N2O3S. The largest absolute Gasteiger partial charge is 0.466 e. The van der Waals surface area contributed by atoms with E-state index in [2.05, 4.69) is 10.3 Å². The fourth-order valence-corrected chi connectivity index (χ4v) is 2.95. The molecule has 2 aromatic rings. The van der Waals surface area contributed by atoms with Crippen molar-refractivity contribution in [2.45, 2.75) is 13.3 Å². The molecule has 1 aromatic heterocycles. The van der Waals surface area contributed by atoms with Gasteiger partial charge in [-0.3, -0.25) is 14.9 Å². The van der Waals surface area contributed by atoms with E-state index in [1.54, 1.807) is 30.5 Å². The maximum absolute atomic E-state index is 12.2. The molecule has 0 atom stereocenters. The SMILES string of the molecule is CCOC(=O)Cc1csc(NC(=O)c2c(Cl)cccc2Cl)n1. The molecule has 116 valence electrons. The van der Waals surface area contributed by atoms with E-state index in [-0.39, 0.29) is 28.0 Å². The van der Waals surface area contributed by atoms with Gasteiger partial charge in [0.2, 0.25) is 0 Å². The summed E-state index contributed by atoms with van der Waals surface area (Å²) in [6.07, 6.45) is 0.0626. The van der Waals surface area contributed by atoms with E-state index in [4.69, 9.17) is 27.9 Å². The fraction of sp³-hybridized carbons (Fsp3) is 0.214. The Hall–Kier alpha value is -1.63. The minimum absolute atomic E-state index is 0.0626. The van der Waals surface area contributed by atoms with Crippen LogP contribution in [0.2, 0.25) is 10.0 Å². The van der Waals surface area contributed by atoms with Gasteiger partial charge >= 0.3 is 5.97 Å². The number of hydrogen-bond acceptors (Lipinski definition) is 5. The molecule has 5 nitrogen and oxygen atoms in total. The molecule has 1 N–H and O–H groups in total. The van der Waals surface area contributed by atoms with Gasteiger partial charge in [0.05, 0.1) is 34.3 Å². The second-order valence-electron chi connectivity index (χ2n) is 4.18. The van der Waals surface area contributed by atoms with Gasteiger partial charge < -0.3 is 4.74 Å². The maximum atomic E-state index is 12.2. The maximum Gasteiger partial charge on any atom is 0.311 e. The molecular weight excluding hydrogens is 347 g/mol. The number of ether oxygens (including phenoxy) is 1. The summed E-state index contributed by atoms with van der Waals surface area (Å²) in [7, 11) is 0. The van der Waals surface area contributed by atoms with E-state index in [1.807, 2.05) is 0 Å². The summed E-state index contributed by atoms with van der Waals surface area (Å²) in [5, 5.41) is 5.17. The molecule has 1 amide bonds. The average Bonchev–Trinajstić information content (AvgIpc) is 2.85. The lowest BCUT2D eigenvalue weighted by Gasteiger charge is -2.05. The van der Waals surface area contributed by atoms with Crippen LogP contribution in [-0.2, 0) is 16.0 Å². The van der Waals surface area contributed by atoms with Gasteiger partial charge in [-0.25, -0.2) is 4.98 Å². The van der Waals surface area contributed by atoms with Gasteiger partial charge in [-0.1, -0.05) is 29.3 Å². The van der Waals surface area contributed by atoms with Gasteiger partial charge in [0, 0.05) is 5.38 Å². The third kappa shape index (κ3) is 4.19. The molecule has 2 rings (SSSR count). The molecule has 8 heteroatoms. The number of carbonyl (C=O) groups is 2. The Morgan fingerprint density at radius 3 is 2.64 bits per heavy atom. The summed E-state index contributed by atoms with van der Waals surface area (Å²) >= 11 is 13.2. The second kappa shape index (κ2) is 7.58. The van der Waals surface area contributed by atoms with Gasteiger partial charge in [0.1, 0.15) is 0 Å². The molecule has 0 aliphatic heterocycles. The Kier molecular flexibility index (Phi) is 5.76. The number of esters is 1. The highest BCUT2D eigenvalue weighted by Gasteiger charge is 2.16. The van der Waals surface area contributed by atoms with Crippen molar-refractivity contribution in [3.05, 3.63) is 44.9 Å². The molecule has 1 heterocycles. The number of halogens is 2. The van der Waals surface area contributed by atoms with E-state index >= 15 is 0 Å². The predicted octanol–water partition coefficient (Wildman–Crippen LogP) is 3.81. The van der Waals surface area contributed by atoms with Crippen LogP contribution in [0.1, 0.15) is 23.0 Å². The number of nitrogens with one attached hydrogen (secondary N) is 1. The first-order valence-electron chi connectivity index (χ1n) is 6.36. The van der Waals surface area contributed by atoms with Crippen LogP contribution in [0.15, 0.2) is 23.6 Å². The van der Waals surface area contributed by atoms with Crippen LogP contribution in [-0.4, -0.2) is 23.5 Å². The summed E-state index contributed by atoms with van der Waals surface area (Å²) in [4.78, 5) is 27.7. The predicted molar refractivity (Wildman–Crippen MR) is 86.9 cm³/mol. The molecule has 0 unspecified atom stereocenters. The van der Waals surface area contributed by atoms with Gasteiger partial charge in [-0.15, -0.1) is 11.3 Å². The molecule has 1 aromatic carbocycles. The van der Waals surface area contributed by atoms with Gasteiger partial charge in [0.25, 0.3) is 5.91 Å². The lowest BCUT2D eigenvalue weighted by molar-refractivity contribution is -0.142. The standard InChI is InChI=1S/C14H12Cl2N2O3S/c1-2-21-11(19)6-8-7-22-14(17-8)18-13(20)12-9(15)4-3-5-10(12)16/h3-5,7H,2,6H2,1H3,(H,17,18,20). The Morgan fingerprint density at radius 1 is 1.32 bits per heavy atom. The third-order valence-corrected chi connectivity index (χ3v) is 4.03. The highest BCUT2D eigenvalue weighted by molar-refractivity contribution is 7.14. The Bertz CT molecular complexity index is 683. The van der Waals surface area contributed by atoms with E-state index < -0.39 is 5.91 Å². The van der Waals surface area contributed by atoms with Crippen molar-refractivity contribution in [3.63, 3.8) is 0 Å². The number of aromatic nitrogens is 1. The van der Waals surface area contributed by atoms with Crippen LogP contribution in [0.25, 0.3) is 0 Å². The quantitative estimate of drug-likeness (QED) is 0.825. The number of anilines is 1. The van der Waals surface area contributed by atoms with Gasteiger partial charge in [-0.05, 0) is 19.1 Å². The van der Waals surface area contributed by atoms with Gasteiger partial charge in [-0.2, -0.15) is 0 Å². The average molecular weight is 359 g/mol. The van der Waals surface area contributed by atoms with Crippen LogP contribution in [0.3, 0.4) is 0 Å². The summed E-state index contributed by atoms with van der Waals surface area (Å²) in [6.45, 7) is 2.05. The molecule has 0 fully saturated rings. The number of nitrogens with zero attached hydrogens (tertiary/aromatic N) is 1. The molecule has 0 aliphatic rings. The fourth-order valence-electron chi connectivity index (χ4n) is 1.68. The van der Waals surface area contributed by atoms with Crippen molar-refractivity contribution < 1.29 is 14.3 Å². The van der Waals surface area contributed by atoms with E-state index in [0.717, 1.165) is 0 Å². The van der Waals surface area contributed by atoms with Crippen LogP contribution in [0.4, 0.5) is 5.13 Å². The zero-order valence-electron chi connectivity index (χ0n) is 11.6. The van der Waals surface area contributed by atoms with Crippen LogP contribution >= 0.6 is 34.5 Å². The summed E-state index contributed by atoms with van der Waals surface area (Å²) in [5.41, 5.74) is 0.719. The normalized spacial score (nSPS) is 10.3. The van der Waals surface area contributed by atoms with Crippen molar-refractivity contribution in [1.29, 1.82) is 0 Å². The van der Waals surface area contributed by atoms with E-state index in [0.29, 0.717) is 17.4 Å². The molecule has 22 heavy (non-hydrogen) atoms. The number of amides is 1. The first-order valence-corrected chi connectivity index (χ1v) is 8.00. The molecule has 0 bridgehead atoms. The van der Waals surface area contributed by atoms with Gasteiger partial charge in [0.15, 0.2) is 5.13 Å². The highest BCUT2D eigenvalue weighted by atomic mass is 35.5. The van der Waals surface area contributed by atoms with Crippen molar-refractivity contribution in [1.82, 2.24) is 4.98 Å². The topological polar surface area (TPSA) is 68.3 Å². The van der Waals surface area contributed by atoms with Crippen LogP contribution in [0, 0.1) is 0 Å². The third-order valence-electron chi connectivity index (χ3n) is 2.59. The minimum atomic E-state index is -0.451. The molecule has 0 radical (unpaired) electrons. The lowest BCUT2D eigenvalue weighted by atomic mass is 10.2. The number of hydrogen-bond donors (Lipinski definition) is 1. The Balaban J connectivity index is 2.07. The van der Waals surface area contributed by atoms with E-state index in [9.17, 15) is 9.59 Å². The second-order valence-corrected chi connectivity index (χ2v) is 5.85. The van der Waals surface area contributed by atoms with E-state index in [1.165, 1.54) is 11.3 Å². The van der Waals surface area contributed by atoms with Crippen molar-refractivity contribution in [3.8, 4) is 0 Å². The first-order chi connectivity index (χ1) is 10.5. The van der Waals surface area contributed by atoms with Crippen LogP contribution in [0.5, 0.6) is 0 Å². The zero-order valence-corrected chi connectivity index (χ0v) is 13.9. The number of carbonyl (C=O) groups excluding carboxylic acids is 2. The number of rotatable bonds is 5.